The summed E-state index contributed by atoms with van der Waals surface area (Å²) in [5, 5.41) is 3.04. The highest BCUT2D eigenvalue weighted by Crippen LogP contribution is 2.59. The third kappa shape index (κ3) is 6.19. The Morgan fingerprint density at radius 3 is 1.38 bits per heavy atom. The Bertz CT molecular complexity index is 2880. The number of anilines is 2. The molecule has 4 aliphatic heterocycles. The summed E-state index contributed by atoms with van der Waals surface area (Å²) in [6, 6.07) is 34.7. The Morgan fingerprint density at radius 1 is 0.576 bits per heavy atom. The second-order valence-electron chi connectivity index (χ2n) is 18.1. The summed E-state index contributed by atoms with van der Waals surface area (Å²) in [6.45, 7) is 3.08. The van der Waals surface area contributed by atoms with Gasteiger partial charge in [0.25, 0.3) is 11.8 Å². The van der Waals surface area contributed by atoms with Gasteiger partial charge >= 0.3 is 18.0 Å². The summed E-state index contributed by atoms with van der Waals surface area (Å²) in [5.41, 5.74) is 4.02. The van der Waals surface area contributed by atoms with Crippen LogP contribution in [-0.4, -0.2) is 77.3 Å². The summed E-state index contributed by atoms with van der Waals surface area (Å²) in [7, 11) is 0. The van der Waals surface area contributed by atoms with E-state index in [9.17, 15) is 9.59 Å². The normalized spacial score (nSPS) is 22.3. The number of rotatable bonds is 8. The van der Waals surface area contributed by atoms with Crippen LogP contribution in [0.1, 0.15) is 79.5 Å². The van der Waals surface area contributed by atoms with E-state index in [2.05, 4.69) is 12.1 Å². The summed E-state index contributed by atoms with van der Waals surface area (Å²) in [5.74, 6) is -1.52. The number of halogens is 2. The molecule has 0 N–H and O–H groups in total. The lowest BCUT2D eigenvalue weighted by Crippen LogP contribution is -2.62. The van der Waals surface area contributed by atoms with Crippen LogP contribution in [0.2, 0.25) is 0 Å². The van der Waals surface area contributed by atoms with E-state index in [1.807, 2.05) is 84.9 Å². The first-order valence-electron chi connectivity index (χ1n) is 22.4. The van der Waals surface area contributed by atoms with E-state index in [1.54, 1.807) is 21.9 Å². The van der Waals surface area contributed by atoms with Crippen molar-refractivity contribution in [3.05, 3.63) is 131 Å². The Morgan fingerprint density at radius 2 is 0.970 bits per heavy atom. The van der Waals surface area contributed by atoms with Gasteiger partial charge in [-0.3, -0.25) is 24.1 Å². The van der Waals surface area contributed by atoms with Crippen molar-refractivity contribution in [3.8, 4) is 22.6 Å². The molecule has 3 amide bonds. The maximum atomic E-state index is 15.8. The quantitative estimate of drug-likeness (QED) is 0.0840. The van der Waals surface area contributed by atoms with Gasteiger partial charge in [0.1, 0.15) is 29.2 Å². The van der Waals surface area contributed by atoms with Crippen LogP contribution in [0.3, 0.4) is 0 Å². The maximum absolute atomic E-state index is 15.8. The molecule has 0 spiro atoms. The Balaban J connectivity index is 1.02. The van der Waals surface area contributed by atoms with Gasteiger partial charge in [-0.1, -0.05) is 97.1 Å². The van der Waals surface area contributed by atoms with E-state index in [1.165, 1.54) is 18.7 Å². The van der Waals surface area contributed by atoms with Gasteiger partial charge in [-0.25, -0.2) is 4.79 Å². The molecule has 2 atom stereocenters. The number of alkyl halides is 2. The van der Waals surface area contributed by atoms with Crippen LogP contribution in [0.4, 0.5) is 16.2 Å². The van der Waals surface area contributed by atoms with Crippen molar-refractivity contribution >= 4 is 86.0 Å². The average molecular weight is 923 g/mol. The first-order valence-corrected chi connectivity index (χ1v) is 23.5. The standard InChI is InChI=1S/C53H45Cl2N3O8/c1-30(59)65-45-23-43-47(40-17-9-7-15-38(40)45)32(25-54)27-56(43)49(61)52-19-21-53(22-20-52,58(52)51(63)64-29-42-36-13-5-3-11-34(36)35-12-4-6-14-37(35)42)50(62)57-28-33(26-55)48-41-18-10-8-16-39(41)46(24-44(48)57)66-31(2)60/h3-18,23-24,32-33,42H,19-22,25-29H2,1-2H3/t32-,33-,52?,53?/m1/s1. The zero-order valence-corrected chi connectivity index (χ0v) is 37.9. The summed E-state index contributed by atoms with van der Waals surface area (Å²) in [6.07, 6.45) is 0.0200. The zero-order valence-electron chi connectivity index (χ0n) is 36.4. The van der Waals surface area contributed by atoms with Gasteiger partial charge in [-0.15, -0.1) is 23.2 Å². The number of esters is 2. The van der Waals surface area contributed by atoms with Gasteiger partial charge in [0.15, 0.2) is 0 Å². The van der Waals surface area contributed by atoms with Crippen molar-refractivity contribution in [2.24, 2.45) is 0 Å². The second kappa shape index (κ2) is 15.9. The number of fused-ring (bicyclic) bond motifs is 11. The average Bonchev–Trinajstić information content (AvgIpc) is 4.14. The first kappa shape index (κ1) is 42.2. The molecule has 1 aliphatic carbocycles. The Kier molecular flexibility index (Phi) is 10.2. The minimum absolute atomic E-state index is 0.0187. The smallest absolute Gasteiger partial charge is 0.411 e. The minimum Gasteiger partial charge on any atom is -0.448 e. The molecule has 6 aromatic carbocycles. The maximum Gasteiger partial charge on any atom is 0.411 e. The van der Waals surface area contributed by atoms with E-state index in [0.29, 0.717) is 33.6 Å². The highest BCUT2D eigenvalue weighted by molar-refractivity contribution is 6.20. The van der Waals surface area contributed by atoms with E-state index in [4.69, 9.17) is 37.4 Å². The summed E-state index contributed by atoms with van der Waals surface area (Å²) >= 11 is 13.4. The SMILES string of the molecule is CC(=O)Oc1cc2c(c3ccccc13)[C@H](CCl)CN2C(=O)C12CCC(C(=O)N3C[C@@H](CCl)c4c3cc(OC(C)=O)c3ccccc43)(CC1)N2C(=O)OCC1c2ccccc2-c2ccccc21. The van der Waals surface area contributed by atoms with Crippen LogP contribution in [0.5, 0.6) is 11.5 Å². The van der Waals surface area contributed by atoms with Gasteiger partial charge in [0.05, 0.1) is 11.4 Å². The molecule has 13 heteroatoms. The Hall–Kier alpha value is -6.43. The first-order chi connectivity index (χ1) is 32.0. The molecule has 4 heterocycles. The molecular formula is C53H45Cl2N3O8. The van der Waals surface area contributed by atoms with Crippen LogP contribution >= 0.6 is 23.2 Å². The predicted molar refractivity (Wildman–Crippen MR) is 253 cm³/mol. The fraction of sp³-hybridized carbons (Fsp3) is 0.302. The summed E-state index contributed by atoms with van der Waals surface area (Å²) < 4.78 is 17.9. The Labute approximate surface area is 391 Å². The van der Waals surface area contributed by atoms with Crippen LogP contribution in [0, 0.1) is 0 Å². The van der Waals surface area contributed by atoms with Crippen molar-refractivity contribution in [1.29, 1.82) is 0 Å². The number of carbonyl (C=O) groups is 5. The topological polar surface area (TPSA) is 123 Å². The number of nitrogens with zero attached hydrogens (tertiary/aromatic N) is 3. The fourth-order valence-corrected chi connectivity index (χ4v) is 12.5. The van der Waals surface area contributed by atoms with Gasteiger partial charge in [-0.2, -0.15) is 0 Å². The molecule has 11 nitrogen and oxygen atoms in total. The van der Waals surface area contributed by atoms with E-state index in [-0.39, 0.29) is 86.7 Å². The molecule has 2 saturated heterocycles. The van der Waals surface area contributed by atoms with E-state index < -0.39 is 29.1 Å². The number of hydrogen-bond donors (Lipinski definition) is 0. The van der Waals surface area contributed by atoms with Crippen molar-refractivity contribution in [2.75, 3.05) is 41.3 Å². The van der Waals surface area contributed by atoms with Crippen LogP contribution in [-0.2, 0) is 23.9 Å². The molecule has 334 valence electrons. The monoisotopic (exact) mass is 921 g/mol. The highest BCUT2D eigenvalue weighted by atomic mass is 35.5. The van der Waals surface area contributed by atoms with Crippen LogP contribution in [0.15, 0.2) is 109 Å². The van der Waals surface area contributed by atoms with E-state index >= 15 is 14.4 Å². The summed E-state index contributed by atoms with van der Waals surface area (Å²) in [4.78, 5) is 76.7. The number of benzene rings is 6. The third-order valence-corrected chi connectivity index (χ3v) is 15.4. The van der Waals surface area contributed by atoms with Gasteiger partial charge in [-0.05, 0) is 69.8 Å². The molecule has 0 radical (unpaired) electrons. The molecule has 2 bridgehead atoms. The molecule has 6 aromatic rings. The lowest BCUT2D eigenvalue weighted by atomic mass is 9.80. The molecule has 2 fully saturated rings. The largest absolute Gasteiger partial charge is 0.448 e. The minimum atomic E-state index is -1.48. The van der Waals surface area contributed by atoms with Gasteiger partial charge < -0.3 is 24.0 Å². The molecule has 11 rings (SSSR count). The van der Waals surface area contributed by atoms with Gasteiger partial charge in [0, 0.05) is 79.4 Å². The van der Waals surface area contributed by atoms with Crippen LogP contribution in [0.25, 0.3) is 32.7 Å². The molecule has 0 unspecified atom stereocenters. The number of carbonyl (C=O) groups excluding carboxylic acids is 5. The predicted octanol–water partition coefficient (Wildman–Crippen LogP) is 10.2. The molecule has 0 aromatic heterocycles. The van der Waals surface area contributed by atoms with Gasteiger partial charge in [0.2, 0.25) is 0 Å². The number of ether oxygens (including phenoxy) is 3. The number of hydrogen-bond acceptors (Lipinski definition) is 8. The second-order valence-corrected chi connectivity index (χ2v) is 18.7. The lowest BCUT2D eigenvalue weighted by molar-refractivity contribution is -0.132. The van der Waals surface area contributed by atoms with Crippen LogP contribution < -0.4 is 19.3 Å². The van der Waals surface area contributed by atoms with Crippen molar-refractivity contribution in [3.63, 3.8) is 0 Å². The molecule has 66 heavy (non-hydrogen) atoms. The molecule has 0 saturated carbocycles. The fourth-order valence-electron chi connectivity index (χ4n) is 12.0. The van der Waals surface area contributed by atoms with Crippen molar-refractivity contribution < 1.29 is 38.2 Å². The zero-order chi connectivity index (χ0) is 45.6. The third-order valence-electron chi connectivity index (χ3n) is 14.7. The highest BCUT2D eigenvalue weighted by Gasteiger charge is 2.71. The molecule has 5 aliphatic rings. The molecular weight excluding hydrogens is 878 g/mol. The lowest BCUT2D eigenvalue weighted by Gasteiger charge is -2.40. The van der Waals surface area contributed by atoms with Crippen molar-refractivity contribution in [2.45, 2.75) is 68.4 Å². The van der Waals surface area contributed by atoms with Crippen molar-refractivity contribution in [1.82, 2.24) is 4.90 Å². The van der Waals surface area contributed by atoms with E-state index in [0.717, 1.165) is 44.2 Å². The number of amides is 3.